The maximum Gasteiger partial charge on any atom is 0.255 e. The highest BCUT2D eigenvalue weighted by molar-refractivity contribution is 6.05. The number of aromatic hydroxyl groups is 1. The first-order valence-corrected chi connectivity index (χ1v) is 6.94. The second-order valence-corrected chi connectivity index (χ2v) is 5.20. The molecule has 0 spiro atoms. The number of phenols is 1. The van der Waals surface area contributed by atoms with Crippen LogP contribution in [0.5, 0.6) is 5.75 Å². The molecular weight excluding hydrogens is 262 g/mol. The summed E-state index contributed by atoms with van der Waals surface area (Å²) in [4.78, 5) is 12.1. The lowest BCUT2D eigenvalue weighted by Gasteiger charge is -2.07. The normalized spacial score (nSPS) is 11.0. The molecule has 3 nitrogen and oxygen atoms in total. The monoisotopic (exact) mass is 281 g/mol. The van der Waals surface area contributed by atoms with E-state index in [0.29, 0.717) is 17.2 Å². The first-order chi connectivity index (χ1) is 10.1. The lowest BCUT2D eigenvalue weighted by atomic mass is 10.1. The number of anilines is 1. The number of hydrogen-bond donors (Lipinski definition) is 2. The molecule has 0 saturated carbocycles. The van der Waals surface area contributed by atoms with Gasteiger partial charge in [0.25, 0.3) is 5.91 Å². The second-order valence-electron chi connectivity index (χ2n) is 5.20. The van der Waals surface area contributed by atoms with Crippen molar-refractivity contribution in [2.45, 2.75) is 13.8 Å². The quantitative estimate of drug-likeness (QED) is 0.820. The highest BCUT2D eigenvalue weighted by atomic mass is 16.3. The Hall–Kier alpha value is -2.55. The van der Waals surface area contributed by atoms with E-state index in [9.17, 15) is 9.90 Å². The number of carbonyl (C=O) groups excluding carboxylic acids is 1. The molecule has 2 rings (SSSR count). The number of amides is 1. The second kappa shape index (κ2) is 6.75. The van der Waals surface area contributed by atoms with Crippen LogP contribution in [-0.2, 0) is 0 Å². The van der Waals surface area contributed by atoms with Crippen molar-refractivity contribution in [1.82, 2.24) is 0 Å². The molecule has 0 bridgehead atoms. The summed E-state index contributed by atoms with van der Waals surface area (Å²) >= 11 is 0. The lowest BCUT2D eigenvalue weighted by molar-refractivity contribution is 0.102. The molecule has 0 fully saturated rings. The van der Waals surface area contributed by atoms with Crippen LogP contribution in [0.15, 0.2) is 54.6 Å². The molecule has 0 aliphatic carbocycles. The first kappa shape index (κ1) is 14.9. The molecule has 2 N–H and O–H groups in total. The van der Waals surface area contributed by atoms with Crippen molar-refractivity contribution < 1.29 is 9.90 Å². The molecule has 3 heteroatoms. The molecule has 2 aromatic rings. The summed E-state index contributed by atoms with van der Waals surface area (Å²) < 4.78 is 0. The summed E-state index contributed by atoms with van der Waals surface area (Å²) in [6, 6.07) is 14.0. The molecular formula is C18H19NO2. The standard InChI is InChI=1S/C18H19NO2/c1-13(2)7-8-14-9-11-15(12-10-14)18(21)19-16-5-3-4-6-17(16)20/h3-13,20H,1-2H3,(H,19,21)/b8-7+. The molecule has 0 aromatic heterocycles. The summed E-state index contributed by atoms with van der Waals surface area (Å²) in [7, 11) is 0. The van der Waals surface area contributed by atoms with Crippen molar-refractivity contribution in [2.24, 2.45) is 5.92 Å². The van der Waals surface area contributed by atoms with Crippen LogP contribution >= 0.6 is 0 Å². The van der Waals surface area contributed by atoms with Gasteiger partial charge in [0.15, 0.2) is 0 Å². The van der Waals surface area contributed by atoms with Crippen LogP contribution < -0.4 is 5.32 Å². The summed E-state index contributed by atoms with van der Waals surface area (Å²) in [6.07, 6.45) is 4.15. The Morgan fingerprint density at radius 1 is 1.10 bits per heavy atom. The van der Waals surface area contributed by atoms with Gasteiger partial charge in [-0.1, -0.05) is 50.3 Å². The number of hydrogen-bond acceptors (Lipinski definition) is 2. The van der Waals surface area contributed by atoms with E-state index in [1.807, 2.05) is 18.2 Å². The zero-order valence-corrected chi connectivity index (χ0v) is 12.2. The summed E-state index contributed by atoms with van der Waals surface area (Å²) in [6.45, 7) is 4.23. The van der Waals surface area contributed by atoms with Crippen LogP contribution in [0.25, 0.3) is 6.08 Å². The molecule has 0 saturated heterocycles. The van der Waals surface area contributed by atoms with E-state index < -0.39 is 0 Å². The third kappa shape index (κ3) is 4.21. The predicted octanol–water partition coefficient (Wildman–Crippen LogP) is 4.31. The number of carbonyl (C=O) groups is 1. The fraction of sp³-hybridized carbons (Fsp3) is 0.167. The molecule has 0 heterocycles. The van der Waals surface area contributed by atoms with Gasteiger partial charge in [-0.15, -0.1) is 0 Å². The van der Waals surface area contributed by atoms with E-state index in [2.05, 4.69) is 25.2 Å². The topological polar surface area (TPSA) is 49.3 Å². The van der Waals surface area contributed by atoms with E-state index in [-0.39, 0.29) is 11.7 Å². The third-order valence-corrected chi connectivity index (χ3v) is 3.00. The molecule has 0 aliphatic rings. The van der Waals surface area contributed by atoms with Gasteiger partial charge in [0.1, 0.15) is 5.75 Å². The van der Waals surface area contributed by atoms with Crippen LogP contribution in [0.4, 0.5) is 5.69 Å². The number of phenolic OH excluding ortho intramolecular Hbond substituents is 1. The minimum absolute atomic E-state index is 0.0577. The fourth-order valence-electron chi connectivity index (χ4n) is 1.82. The summed E-state index contributed by atoms with van der Waals surface area (Å²) in [5, 5.41) is 12.3. The Labute approximate surface area is 124 Å². The Morgan fingerprint density at radius 2 is 1.76 bits per heavy atom. The van der Waals surface area contributed by atoms with Gasteiger partial charge in [0, 0.05) is 5.56 Å². The Bertz CT molecular complexity index is 643. The third-order valence-electron chi connectivity index (χ3n) is 3.00. The van der Waals surface area contributed by atoms with Crippen molar-refractivity contribution in [2.75, 3.05) is 5.32 Å². The van der Waals surface area contributed by atoms with Crippen LogP contribution in [0.2, 0.25) is 0 Å². The molecule has 1 amide bonds. The van der Waals surface area contributed by atoms with Crippen molar-refractivity contribution in [3.8, 4) is 5.75 Å². The van der Waals surface area contributed by atoms with Crippen LogP contribution in [0.1, 0.15) is 29.8 Å². The first-order valence-electron chi connectivity index (χ1n) is 6.94. The average molecular weight is 281 g/mol. The number of benzene rings is 2. The summed E-state index contributed by atoms with van der Waals surface area (Å²) in [5.74, 6) is 0.312. The van der Waals surface area contributed by atoms with Gasteiger partial charge in [-0.2, -0.15) is 0 Å². The zero-order valence-electron chi connectivity index (χ0n) is 12.2. The minimum Gasteiger partial charge on any atom is -0.506 e. The SMILES string of the molecule is CC(C)/C=C/c1ccc(C(=O)Nc2ccccc2O)cc1. The number of nitrogens with one attached hydrogen (secondary N) is 1. The van der Waals surface area contributed by atoms with Gasteiger partial charge in [0.2, 0.25) is 0 Å². The number of para-hydroxylation sites is 2. The van der Waals surface area contributed by atoms with Crippen LogP contribution in [0, 0.1) is 5.92 Å². The van der Waals surface area contributed by atoms with Crippen molar-refractivity contribution >= 4 is 17.7 Å². The molecule has 0 radical (unpaired) electrons. The van der Waals surface area contributed by atoms with Crippen LogP contribution in [-0.4, -0.2) is 11.0 Å². The van der Waals surface area contributed by atoms with Gasteiger partial charge in [-0.05, 0) is 35.7 Å². The molecule has 0 aliphatic heterocycles. The fourth-order valence-corrected chi connectivity index (χ4v) is 1.82. The lowest BCUT2D eigenvalue weighted by Crippen LogP contribution is -2.11. The van der Waals surface area contributed by atoms with E-state index in [1.165, 1.54) is 6.07 Å². The predicted molar refractivity (Wildman–Crippen MR) is 86.4 cm³/mol. The van der Waals surface area contributed by atoms with E-state index in [4.69, 9.17) is 0 Å². The number of rotatable bonds is 4. The van der Waals surface area contributed by atoms with Crippen molar-refractivity contribution in [3.63, 3.8) is 0 Å². The number of allylic oxidation sites excluding steroid dienone is 1. The molecule has 0 atom stereocenters. The van der Waals surface area contributed by atoms with E-state index >= 15 is 0 Å². The molecule has 21 heavy (non-hydrogen) atoms. The zero-order chi connectivity index (χ0) is 15.2. The smallest absolute Gasteiger partial charge is 0.255 e. The minimum atomic E-state index is -0.240. The molecule has 0 unspecified atom stereocenters. The van der Waals surface area contributed by atoms with Gasteiger partial charge >= 0.3 is 0 Å². The van der Waals surface area contributed by atoms with Gasteiger partial charge in [-0.3, -0.25) is 4.79 Å². The van der Waals surface area contributed by atoms with Crippen molar-refractivity contribution in [3.05, 3.63) is 65.7 Å². The van der Waals surface area contributed by atoms with Gasteiger partial charge in [-0.25, -0.2) is 0 Å². The van der Waals surface area contributed by atoms with Crippen molar-refractivity contribution in [1.29, 1.82) is 0 Å². The van der Waals surface area contributed by atoms with E-state index in [1.54, 1.807) is 30.3 Å². The van der Waals surface area contributed by atoms with Gasteiger partial charge < -0.3 is 10.4 Å². The highest BCUT2D eigenvalue weighted by Crippen LogP contribution is 2.22. The maximum absolute atomic E-state index is 12.1. The van der Waals surface area contributed by atoms with Crippen LogP contribution in [0.3, 0.4) is 0 Å². The Morgan fingerprint density at radius 3 is 2.38 bits per heavy atom. The Balaban J connectivity index is 2.08. The highest BCUT2D eigenvalue weighted by Gasteiger charge is 2.07. The largest absolute Gasteiger partial charge is 0.506 e. The van der Waals surface area contributed by atoms with Gasteiger partial charge in [0.05, 0.1) is 5.69 Å². The Kier molecular flexibility index (Phi) is 4.77. The summed E-state index contributed by atoms with van der Waals surface area (Å²) in [5.41, 5.74) is 2.02. The van der Waals surface area contributed by atoms with E-state index in [0.717, 1.165) is 5.56 Å². The molecule has 108 valence electrons. The average Bonchev–Trinajstić information content (AvgIpc) is 2.48. The molecule has 2 aromatic carbocycles. The maximum atomic E-state index is 12.1.